The monoisotopic (exact) mass is 558 g/mol. The molecule has 4 aromatic rings. The van der Waals surface area contributed by atoms with Crippen LogP contribution in [0, 0.1) is 18.7 Å². The molecule has 12 heteroatoms. The molecule has 5 rings (SSSR count). The number of aryl methyl sites for hydroxylation is 1. The maximum atomic E-state index is 14.2. The fourth-order valence-corrected chi connectivity index (χ4v) is 5.90. The van der Waals surface area contributed by atoms with Crippen molar-refractivity contribution in [3.63, 3.8) is 0 Å². The van der Waals surface area contributed by atoms with Gasteiger partial charge in [0.1, 0.15) is 16.3 Å². The highest BCUT2D eigenvalue weighted by Crippen LogP contribution is 2.39. The number of hydrogen-bond acceptors (Lipinski definition) is 9. The van der Waals surface area contributed by atoms with Crippen molar-refractivity contribution in [2.75, 3.05) is 10.6 Å². The number of ether oxygens (including phenoxy) is 1. The minimum Gasteiger partial charge on any atom is -0.432 e. The standard InChI is InChI=1S/C27H29F3N6O2S/c1-14-22(24-35-19-13-31-9-8-21(19)39-24)23(34-17-6-5-16(11-17)27(2,3)37)36-26(33-14)32-12-15-4-7-20(18(28)10-15)38-25(29)30/h4,7-10,13,16-17,25,37H,5-6,11-12H2,1-3H3,(H2,32,33,34,36). The SMILES string of the molecule is Cc1nc(NCc2ccc(OC(F)F)c(F)c2)nc(NC2CCC(C(C)(C)O)C2)c1-c1nc2cnccc2s1. The number of aliphatic hydroxyl groups is 1. The van der Waals surface area contributed by atoms with E-state index in [0.29, 0.717) is 23.0 Å². The largest absolute Gasteiger partial charge is 0.432 e. The average molecular weight is 559 g/mol. The zero-order valence-corrected chi connectivity index (χ0v) is 22.5. The Hall–Kier alpha value is -3.51. The molecule has 0 amide bonds. The number of pyridine rings is 1. The van der Waals surface area contributed by atoms with Gasteiger partial charge in [-0.1, -0.05) is 6.07 Å². The summed E-state index contributed by atoms with van der Waals surface area (Å²) in [4.78, 5) is 18.3. The Morgan fingerprint density at radius 2 is 2.00 bits per heavy atom. The fourth-order valence-electron chi connectivity index (χ4n) is 4.87. The van der Waals surface area contributed by atoms with Gasteiger partial charge in [-0.25, -0.2) is 14.4 Å². The van der Waals surface area contributed by atoms with Gasteiger partial charge in [-0.05, 0) is 69.7 Å². The second kappa shape index (κ2) is 10.9. The van der Waals surface area contributed by atoms with E-state index >= 15 is 0 Å². The van der Waals surface area contributed by atoms with Gasteiger partial charge < -0.3 is 20.5 Å². The van der Waals surface area contributed by atoms with Crippen molar-refractivity contribution in [3.05, 3.63) is 53.7 Å². The van der Waals surface area contributed by atoms with E-state index in [4.69, 9.17) is 9.97 Å². The average Bonchev–Trinajstić information content (AvgIpc) is 3.51. The van der Waals surface area contributed by atoms with Gasteiger partial charge in [0.2, 0.25) is 5.95 Å². The number of rotatable bonds is 9. The maximum absolute atomic E-state index is 14.2. The minimum atomic E-state index is -3.10. The summed E-state index contributed by atoms with van der Waals surface area (Å²) >= 11 is 1.53. The summed E-state index contributed by atoms with van der Waals surface area (Å²) in [6.07, 6.45) is 6.02. The van der Waals surface area contributed by atoms with E-state index < -0.39 is 23.8 Å². The summed E-state index contributed by atoms with van der Waals surface area (Å²) in [7, 11) is 0. The second-order valence-corrected chi connectivity index (χ2v) is 11.3. The van der Waals surface area contributed by atoms with Crippen molar-refractivity contribution < 1.29 is 23.0 Å². The molecule has 1 fully saturated rings. The van der Waals surface area contributed by atoms with E-state index in [9.17, 15) is 18.3 Å². The van der Waals surface area contributed by atoms with Crippen LogP contribution in [0.3, 0.4) is 0 Å². The Kier molecular flexibility index (Phi) is 7.59. The highest BCUT2D eigenvalue weighted by atomic mass is 32.1. The van der Waals surface area contributed by atoms with Crippen LogP contribution in [-0.2, 0) is 6.54 Å². The predicted octanol–water partition coefficient (Wildman–Crippen LogP) is 6.16. The molecule has 2 unspecified atom stereocenters. The van der Waals surface area contributed by atoms with Crippen molar-refractivity contribution in [1.82, 2.24) is 19.9 Å². The molecule has 1 aromatic carbocycles. The van der Waals surface area contributed by atoms with Crippen LogP contribution in [0.15, 0.2) is 36.7 Å². The molecule has 39 heavy (non-hydrogen) atoms. The molecule has 206 valence electrons. The van der Waals surface area contributed by atoms with Crippen molar-refractivity contribution in [3.8, 4) is 16.3 Å². The van der Waals surface area contributed by atoms with Crippen LogP contribution in [-0.4, -0.2) is 43.3 Å². The molecule has 0 aliphatic heterocycles. The summed E-state index contributed by atoms with van der Waals surface area (Å²) in [5.74, 6) is -0.280. The number of fused-ring (bicyclic) bond motifs is 1. The van der Waals surface area contributed by atoms with Gasteiger partial charge in [-0.15, -0.1) is 11.3 Å². The van der Waals surface area contributed by atoms with Gasteiger partial charge in [0, 0.05) is 18.8 Å². The van der Waals surface area contributed by atoms with Crippen molar-refractivity contribution >= 4 is 33.3 Å². The van der Waals surface area contributed by atoms with Crippen LogP contribution in [0.25, 0.3) is 20.8 Å². The number of halogens is 3. The number of alkyl halides is 2. The summed E-state index contributed by atoms with van der Waals surface area (Å²) in [6, 6.07) is 5.82. The molecule has 1 saturated carbocycles. The highest BCUT2D eigenvalue weighted by Gasteiger charge is 2.35. The minimum absolute atomic E-state index is 0.106. The van der Waals surface area contributed by atoms with Gasteiger partial charge in [-0.2, -0.15) is 13.8 Å². The molecule has 1 aliphatic rings. The molecule has 3 N–H and O–H groups in total. The van der Waals surface area contributed by atoms with Crippen LogP contribution >= 0.6 is 11.3 Å². The van der Waals surface area contributed by atoms with Crippen LogP contribution in [0.1, 0.15) is 44.4 Å². The first-order valence-electron chi connectivity index (χ1n) is 12.6. The van der Waals surface area contributed by atoms with E-state index in [-0.39, 0.29) is 18.5 Å². The van der Waals surface area contributed by atoms with E-state index in [1.54, 1.807) is 12.4 Å². The van der Waals surface area contributed by atoms with E-state index in [1.807, 2.05) is 26.8 Å². The number of benzene rings is 1. The Balaban J connectivity index is 1.43. The molecule has 0 bridgehead atoms. The first-order valence-corrected chi connectivity index (χ1v) is 13.4. The Labute approximate surface area is 227 Å². The Bertz CT molecular complexity index is 1440. The van der Waals surface area contributed by atoms with E-state index in [2.05, 4.69) is 25.3 Å². The lowest BCUT2D eigenvalue weighted by Crippen LogP contribution is -2.30. The van der Waals surface area contributed by atoms with Crippen molar-refractivity contribution in [1.29, 1.82) is 0 Å². The summed E-state index contributed by atoms with van der Waals surface area (Å²) in [5.41, 5.74) is 2.02. The maximum Gasteiger partial charge on any atom is 0.387 e. The predicted molar refractivity (Wildman–Crippen MR) is 145 cm³/mol. The number of nitrogens with zero attached hydrogens (tertiary/aromatic N) is 4. The third-order valence-electron chi connectivity index (χ3n) is 6.93. The van der Waals surface area contributed by atoms with Gasteiger partial charge in [-0.3, -0.25) is 4.98 Å². The molecule has 0 saturated heterocycles. The molecular formula is C27H29F3N6O2S. The van der Waals surface area contributed by atoms with E-state index in [0.717, 1.165) is 46.1 Å². The van der Waals surface area contributed by atoms with Crippen LogP contribution in [0.5, 0.6) is 5.75 Å². The molecule has 3 heterocycles. The Morgan fingerprint density at radius 3 is 2.69 bits per heavy atom. The van der Waals surface area contributed by atoms with Gasteiger partial charge >= 0.3 is 6.61 Å². The lowest BCUT2D eigenvalue weighted by Gasteiger charge is -2.25. The summed E-state index contributed by atoms with van der Waals surface area (Å²) in [5, 5.41) is 18.0. The highest BCUT2D eigenvalue weighted by molar-refractivity contribution is 7.21. The van der Waals surface area contributed by atoms with Gasteiger partial charge in [0.25, 0.3) is 0 Å². The zero-order chi connectivity index (χ0) is 27.7. The molecule has 0 radical (unpaired) electrons. The van der Waals surface area contributed by atoms with Crippen LogP contribution in [0.2, 0.25) is 0 Å². The summed E-state index contributed by atoms with van der Waals surface area (Å²) < 4.78 is 44.2. The Morgan fingerprint density at radius 1 is 1.18 bits per heavy atom. The third kappa shape index (κ3) is 6.22. The van der Waals surface area contributed by atoms with Crippen molar-refractivity contribution in [2.45, 2.75) is 64.8 Å². The third-order valence-corrected chi connectivity index (χ3v) is 7.98. The number of nitrogens with one attached hydrogen (secondary N) is 2. The molecule has 3 aromatic heterocycles. The second-order valence-electron chi connectivity index (χ2n) is 10.2. The molecule has 2 atom stereocenters. The summed E-state index contributed by atoms with van der Waals surface area (Å²) in [6.45, 7) is 2.62. The fraction of sp³-hybridized carbons (Fsp3) is 0.407. The first kappa shape index (κ1) is 27.1. The van der Waals surface area contributed by atoms with Crippen LogP contribution in [0.4, 0.5) is 24.9 Å². The number of hydrogen-bond donors (Lipinski definition) is 3. The number of anilines is 2. The lowest BCUT2D eigenvalue weighted by molar-refractivity contribution is -0.0522. The molecule has 1 aliphatic carbocycles. The first-order chi connectivity index (χ1) is 18.6. The quantitative estimate of drug-likeness (QED) is 0.224. The van der Waals surface area contributed by atoms with E-state index in [1.165, 1.54) is 23.5 Å². The van der Waals surface area contributed by atoms with Crippen LogP contribution < -0.4 is 15.4 Å². The van der Waals surface area contributed by atoms with Gasteiger partial charge in [0.05, 0.1) is 27.8 Å². The smallest absolute Gasteiger partial charge is 0.387 e. The number of thiazole rings is 1. The molecule has 0 spiro atoms. The normalized spacial score (nSPS) is 17.6. The number of aromatic nitrogens is 4. The lowest BCUT2D eigenvalue weighted by atomic mass is 9.89. The molecule has 8 nitrogen and oxygen atoms in total. The van der Waals surface area contributed by atoms with Crippen molar-refractivity contribution in [2.24, 2.45) is 5.92 Å². The molecular weight excluding hydrogens is 529 g/mol. The van der Waals surface area contributed by atoms with Gasteiger partial charge in [0.15, 0.2) is 11.6 Å². The topological polar surface area (TPSA) is 105 Å². The zero-order valence-electron chi connectivity index (χ0n) is 21.7.